The third kappa shape index (κ3) is 3.88. The average molecular weight is 375 g/mol. The first-order valence-corrected chi connectivity index (χ1v) is 7.19. The maximum atomic E-state index is 8.69. The molecule has 0 heterocycles. The molecule has 104 valence electrons. The van der Waals surface area contributed by atoms with Gasteiger partial charge in [-0.2, -0.15) is 0 Å². The minimum absolute atomic E-state index is 0.340. The maximum absolute atomic E-state index is 8.69. The van der Waals surface area contributed by atoms with Crippen LogP contribution in [0.15, 0.2) is 46.0 Å². The summed E-state index contributed by atoms with van der Waals surface area (Å²) in [6.45, 7) is 0.340. The van der Waals surface area contributed by atoms with Crippen molar-refractivity contribution in [3.63, 3.8) is 0 Å². The van der Waals surface area contributed by atoms with Crippen molar-refractivity contribution in [3.05, 3.63) is 62.0 Å². The molecule has 2 aromatic rings. The smallest absolute Gasteiger partial charge is 0.142 e. The molecular formula is C14H10BrCl2NO2. The van der Waals surface area contributed by atoms with E-state index in [1.54, 1.807) is 18.2 Å². The van der Waals surface area contributed by atoms with Gasteiger partial charge in [-0.15, -0.1) is 0 Å². The lowest BCUT2D eigenvalue weighted by Gasteiger charge is -2.11. The molecule has 0 amide bonds. The Morgan fingerprint density at radius 2 is 2.00 bits per heavy atom. The molecule has 0 aliphatic heterocycles. The second-order valence-corrected chi connectivity index (χ2v) is 5.70. The number of hydrogen-bond acceptors (Lipinski definition) is 3. The van der Waals surface area contributed by atoms with Crippen LogP contribution in [-0.2, 0) is 6.61 Å². The van der Waals surface area contributed by atoms with Gasteiger partial charge in [0.15, 0.2) is 0 Å². The highest BCUT2D eigenvalue weighted by Crippen LogP contribution is 2.32. The van der Waals surface area contributed by atoms with Gasteiger partial charge >= 0.3 is 0 Å². The van der Waals surface area contributed by atoms with Crippen molar-refractivity contribution in [3.8, 4) is 5.75 Å². The van der Waals surface area contributed by atoms with Crippen LogP contribution in [0.4, 0.5) is 0 Å². The summed E-state index contributed by atoms with van der Waals surface area (Å²) in [6, 6.07) is 10.8. The largest absolute Gasteiger partial charge is 0.487 e. The molecular weight excluding hydrogens is 365 g/mol. The SMILES string of the molecule is ON=Cc1cc(Cl)cc(Br)c1OCc1cccc(Cl)c1. The second-order valence-electron chi connectivity index (χ2n) is 3.97. The van der Waals surface area contributed by atoms with E-state index < -0.39 is 0 Å². The van der Waals surface area contributed by atoms with E-state index in [2.05, 4.69) is 21.1 Å². The van der Waals surface area contributed by atoms with Gasteiger partial charge in [-0.1, -0.05) is 40.5 Å². The summed E-state index contributed by atoms with van der Waals surface area (Å²) in [4.78, 5) is 0. The lowest BCUT2D eigenvalue weighted by molar-refractivity contribution is 0.302. The highest BCUT2D eigenvalue weighted by atomic mass is 79.9. The zero-order valence-electron chi connectivity index (χ0n) is 10.2. The Bertz CT molecular complexity index is 647. The fourth-order valence-corrected chi connectivity index (χ4v) is 2.83. The molecule has 0 aromatic heterocycles. The predicted molar refractivity (Wildman–Crippen MR) is 84.3 cm³/mol. The molecule has 0 bridgehead atoms. The third-order valence-electron chi connectivity index (χ3n) is 2.51. The Hall–Kier alpha value is -1.23. The minimum Gasteiger partial charge on any atom is -0.487 e. The summed E-state index contributed by atoms with van der Waals surface area (Å²) in [6.07, 6.45) is 1.27. The van der Waals surface area contributed by atoms with Crippen LogP contribution >= 0.6 is 39.1 Å². The molecule has 0 aliphatic rings. The first-order chi connectivity index (χ1) is 9.60. The summed E-state index contributed by atoms with van der Waals surface area (Å²) >= 11 is 15.2. The van der Waals surface area contributed by atoms with Gasteiger partial charge in [-0.25, -0.2) is 0 Å². The predicted octanol–water partition coefficient (Wildman–Crippen LogP) is 5.14. The summed E-state index contributed by atoms with van der Waals surface area (Å²) in [5.41, 5.74) is 1.51. The van der Waals surface area contributed by atoms with Gasteiger partial charge in [0.25, 0.3) is 0 Å². The van der Waals surface area contributed by atoms with Gasteiger partial charge < -0.3 is 9.94 Å². The Kier molecular flexibility index (Phi) is 5.29. The van der Waals surface area contributed by atoms with Gasteiger partial charge in [0.05, 0.1) is 10.7 Å². The number of benzene rings is 2. The molecule has 3 nitrogen and oxygen atoms in total. The molecule has 20 heavy (non-hydrogen) atoms. The molecule has 2 rings (SSSR count). The summed E-state index contributed by atoms with van der Waals surface area (Å²) in [7, 11) is 0. The van der Waals surface area contributed by atoms with E-state index in [0.29, 0.717) is 32.4 Å². The molecule has 0 spiro atoms. The molecule has 0 unspecified atom stereocenters. The minimum atomic E-state index is 0.340. The first-order valence-electron chi connectivity index (χ1n) is 5.64. The van der Waals surface area contributed by atoms with Crippen LogP contribution in [0.1, 0.15) is 11.1 Å². The summed E-state index contributed by atoms with van der Waals surface area (Å²) in [5, 5.41) is 12.9. The Morgan fingerprint density at radius 1 is 1.20 bits per heavy atom. The topological polar surface area (TPSA) is 41.8 Å². The van der Waals surface area contributed by atoms with Crippen molar-refractivity contribution < 1.29 is 9.94 Å². The van der Waals surface area contributed by atoms with Gasteiger partial charge in [-0.05, 0) is 45.8 Å². The monoisotopic (exact) mass is 373 g/mol. The summed E-state index contributed by atoms with van der Waals surface area (Å²) in [5.74, 6) is 0.548. The van der Waals surface area contributed by atoms with E-state index in [1.165, 1.54) is 6.21 Å². The van der Waals surface area contributed by atoms with Crippen LogP contribution in [0.3, 0.4) is 0 Å². The molecule has 0 aliphatic carbocycles. The first kappa shape index (κ1) is 15.2. The van der Waals surface area contributed by atoms with Crippen LogP contribution in [0.5, 0.6) is 5.75 Å². The lowest BCUT2D eigenvalue weighted by Crippen LogP contribution is -1.99. The van der Waals surface area contributed by atoms with Crippen LogP contribution < -0.4 is 4.74 Å². The van der Waals surface area contributed by atoms with Crippen molar-refractivity contribution >= 4 is 45.3 Å². The third-order valence-corrected chi connectivity index (χ3v) is 3.55. The molecule has 0 fully saturated rings. The normalized spacial score (nSPS) is 10.9. The van der Waals surface area contributed by atoms with E-state index in [9.17, 15) is 0 Å². The number of ether oxygens (including phenoxy) is 1. The van der Waals surface area contributed by atoms with Crippen molar-refractivity contribution in [1.82, 2.24) is 0 Å². The summed E-state index contributed by atoms with van der Waals surface area (Å²) < 4.78 is 6.43. The zero-order valence-corrected chi connectivity index (χ0v) is 13.3. The van der Waals surface area contributed by atoms with Crippen molar-refractivity contribution in [2.24, 2.45) is 5.16 Å². The zero-order chi connectivity index (χ0) is 14.5. The number of halogens is 3. The van der Waals surface area contributed by atoms with Crippen LogP contribution in [0.25, 0.3) is 0 Å². The Balaban J connectivity index is 2.24. The Labute approximate surface area is 134 Å². The quantitative estimate of drug-likeness (QED) is 0.457. The number of hydrogen-bond donors (Lipinski definition) is 1. The molecule has 1 N–H and O–H groups in total. The lowest BCUT2D eigenvalue weighted by atomic mass is 10.2. The van der Waals surface area contributed by atoms with Gasteiger partial charge in [0.2, 0.25) is 0 Å². The molecule has 6 heteroatoms. The fraction of sp³-hybridized carbons (Fsp3) is 0.0714. The average Bonchev–Trinajstić information content (AvgIpc) is 2.38. The van der Waals surface area contributed by atoms with E-state index >= 15 is 0 Å². The van der Waals surface area contributed by atoms with Gasteiger partial charge in [0, 0.05) is 15.6 Å². The second kappa shape index (κ2) is 6.97. The van der Waals surface area contributed by atoms with E-state index in [-0.39, 0.29) is 0 Å². The maximum Gasteiger partial charge on any atom is 0.142 e. The molecule has 0 saturated heterocycles. The van der Waals surface area contributed by atoms with E-state index in [4.69, 9.17) is 33.1 Å². The van der Waals surface area contributed by atoms with Gasteiger partial charge in [0.1, 0.15) is 12.4 Å². The molecule has 0 atom stereocenters. The fourth-order valence-electron chi connectivity index (χ4n) is 1.67. The van der Waals surface area contributed by atoms with Crippen LogP contribution in [0.2, 0.25) is 10.0 Å². The highest BCUT2D eigenvalue weighted by Gasteiger charge is 2.10. The molecule has 0 radical (unpaired) electrons. The number of rotatable bonds is 4. The van der Waals surface area contributed by atoms with Crippen molar-refractivity contribution in [2.75, 3.05) is 0 Å². The van der Waals surface area contributed by atoms with E-state index in [1.807, 2.05) is 18.2 Å². The molecule has 2 aromatic carbocycles. The molecule has 0 saturated carbocycles. The van der Waals surface area contributed by atoms with Crippen LogP contribution in [-0.4, -0.2) is 11.4 Å². The van der Waals surface area contributed by atoms with Crippen molar-refractivity contribution in [2.45, 2.75) is 6.61 Å². The Morgan fingerprint density at radius 3 is 2.70 bits per heavy atom. The number of nitrogens with zero attached hydrogens (tertiary/aromatic N) is 1. The standard InChI is InChI=1S/C14H10BrCl2NO2/c15-13-6-12(17)5-10(7-18-19)14(13)20-8-9-2-1-3-11(16)4-9/h1-7,19H,8H2. The van der Waals surface area contributed by atoms with E-state index in [0.717, 1.165) is 5.56 Å². The van der Waals surface area contributed by atoms with Gasteiger partial charge in [-0.3, -0.25) is 0 Å². The number of oxime groups is 1. The highest BCUT2D eigenvalue weighted by molar-refractivity contribution is 9.10. The van der Waals surface area contributed by atoms with Crippen LogP contribution in [0, 0.1) is 0 Å². The van der Waals surface area contributed by atoms with Crippen molar-refractivity contribution in [1.29, 1.82) is 0 Å².